The Balaban J connectivity index is 1.65. The first-order chi connectivity index (χ1) is 14.9. The van der Waals surface area contributed by atoms with E-state index in [-0.39, 0.29) is 16.9 Å². The molecule has 1 aliphatic carbocycles. The maximum absolute atomic E-state index is 9.82. The molecule has 0 aromatic heterocycles. The number of aromatic hydroxyl groups is 3. The van der Waals surface area contributed by atoms with E-state index in [2.05, 4.69) is 26.0 Å². The molecule has 0 heterocycles. The molecule has 3 heteroatoms. The van der Waals surface area contributed by atoms with Crippen molar-refractivity contribution in [2.24, 2.45) is 11.8 Å². The van der Waals surface area contributed by atoms with E-state index in [1.807, 2.05) is 24.3 Å². The number of phenols is 3. The summed E-state index contributed by atoms with van der Waals surface area (Å²) in [6.07, 6.45) is 4.25. The second kappa shape index (κ2) is 8.66. The molecule has 0 aliphatic heterocycles. The molecule has 1 fully saturated rings. The van der Waals surface area contributed by atoms with Gasteiger partial charge in [0.15, 0.2) is 0 Å². The zero-order valence-electron chi connectivity index (χ0n) is 18.3. The minimum Gasteiger partial charge on any atom is -0.508 e. The number of benzene rings is 3. The molecule has 4 rings (SSSR count). The van der Waals surface area contributed by atoms with E-state index in [9.17, 15) is 15.3 Å². The van der Waals surface area contributed by atoms with Gasteiger partial charge in [0.2, 0.25) is 0 Å². The lowest BCUT2D eigenvalue weighted by Gasteiger charge is -2.44. The molecule has 1 atom stereocenters. The molecule has 31 heavy (non-hydrogen) atoms. The SMILES string of the molecule is CC(C)C(c1ccc(O)cc1)C1CCC(c2ccc(O)cc2)(c2ccc(O)cc2)CC1. The fourth-order valence-electron chi connectivity index (χ4n) is 5.69. The summed E-state index contributed by atoms with van der Waals surface area (Å²) < 4.78 is 0. The van der Waals surface area contributed by atoms with Crippen LogP contribution in [0.1, 0.15) is 62.1 Å². The molecule has 1 saturated carbocycles. The van der Waals surface area contributed by atoms with Gasteiger partial charge in [0.05, 0.1) is 0 Å². The van der Waals surface area contributed by atoms with Gasteiger partial charge in [-0.15, -0.1) is 0 Å². The molecule has 0 radical (unpaired) electrons. The quantitative estimate of drug-likeness (QED) is 0.433. The van der Waals surface area contributed by atoms with Crippen molar-refractivity contribution >= 4 is 0 Å². The lowest BCUT2D eigenvalue weighted by atomic mass is 9.60. The zero-order valence-corrected chi connectivity index (χ0v) is 18.3. The molecule has 3 aromatic carbocycles. The fourth-order valence-corrected chi connectivity index (χ4v) is 5.69. The van der Waals surface area contributed by atoms with Crippen LogP contribution in [0.5, 0.6) is 17.2 Å². The third kappa shape index (κ3) is 4.27. The van der Waals surface area contributed by atoms with Gasteiger partial charge in [-0.25, -0.2) is 0 Å². The van der Waals surface area contributed by atoms with Crippen LogP contribution in [-0.2, 0) is 5.41 Å². The molecule has 0 amide bonds. The third-order valence-electron chi connectivity index (χ3n) is 7.23. The summed E-state index contributed by atoms with van der Waals surface area (Å²) in [6.45, 7) is 4.58. The van der Waals surface area contributed by atoms with Crippen LogP contribution < -0.4 is 0 Å². The number of hydrogen-bond donors (Lipinski definition) is 3. The van der Waals surface area contributed by atoms with E-state index in [1.165, 1.54) is 16.7 Å². The van der Waals surface area contributed by atoms with Crippen LogP contribution in [0.25, 0.3) is 0 Å². The first-order valence-corrected chi connectivity index (χ1v) is 11.3. The largest absolute Gasteiger partial charge is 0.508 e. The third-order valence-corrected chi connectivity index (χ3v) is 7.23. The maximum Gasteiger partial charge on any atom is 0.115 e. The van der Waals surface area contributed by atoms with Crippen LogP contribution in [0.3, 0.4) is 0 Å². The molecule has 3 nitrogen and oxygen atoms in total. The Labute approximate surface area is 185 Å². The predicted molar refractivity (Wildman–Crippen MR) is 125 cm³/mol. The molecule has 162 valence electrons. The Morgan fingerprint density at radius 3 is 1.42 bits per heavy atom. The number of phenolic OH excluding ortho intramolecular Hbond substituents is 3. The normalized spacial score (nSPS) is 17.5. The summed E-state index contributed by atoms with van der Waals surface area (Å²) in [6, 6.07) is 23.0. The summed E-state index contributed by atoms with van der Waals surface area (Å²) in [4.78, 5) is 0. The highest BCUT2D eigenvalue weighted by Crippen LogP contribution is 2.51. The van der Waals surface area contributed by atoms with Crippen molar-refractivity contribution in [1.29, 1.82) is 0 Å². The van der Waals surface area contributed by atoms with Crippen molar-refractivity contribution in [2.45, 2.75) is 50.9 Å². The average molecular weight is 417 g/mol. The Hall–Kier alpha value is -2.94. The maximum atomic E-state index is 9.82. The van der Waals surface area contributed by atoms with Gasteiger partial charge >= 0.3 is 0 Å². The van der Waals surface area contributed by atoms with E-state index in [0.717, 1.165) is 25.7 Å². The second-order valence-corrected chi connectivity index (χ2v) is 9.37. The van der Waals surface area contributed by atoms with Gasteiger partial charge in [0.1, 0.15) is 17.2 Å². The first kappa shape index (κ1) is 21.3. The molecule has 1 unspecified atom stereocenters. The Morgan fingerprint density at radius 2 is 1.03 bits per heavy atom. The number of hydrogen-bond acceptors (Lipinski definition) is 3. The standard InChI is InChI=1S/C28H32O3/c1-19(2)27(20-3-9-24(29)10-4-20)21-15-17-28(18-16-21,22-5-11-25(30)12-6-22)23-7-13-26(31)14-8-23/h3-14,19,21,27,29-31H,15-18H2,1-2H3. The van der Waals surface area contributed by atoms with Crippen LogP contribution >= 0.6 is 0 Å². The molecule has 3 aromatic rings. The predicted octanol–water partition coefficient (Wildman–Crippen LogP) is 6.72. The summed E-state index contributed by atoms with van der Waals surface area (Å²) in [5, 5.41) is 29.3. The molecule has 0 bridgehead atoms. The van der Waals surface area contributed by atoms with Gasteiger partial charge in [-0.1, -0.05) is 50.2 Å². The van der Waals surface area contributed by atoms with Crippen molar-refractivity contribution in [2.75, 3.05) is 0 Å². The van der Waals surface area contributed by atoms with Crippen LogP contribution in [-0.4, -0.2) is 15.3 Å². The molecule has 0 saturated heterocycles. The monoisotopic (exact) mass is 416 g/mol. The molecule has 3 N–H and O–H groups in total. The van der Waals surface area contributed by atoms with Crippen LogP contribution in [0.4, 0.5) is 0 Å². The van der Waals surface area contributed by atoms with Crippen LogP contribution in [0.2, 0.25) is 0 Å². The van der Waals surface area contributed by atoms with Crippen molar-refractivity contribution in [1.82, 2.24) is 0 Å². The van der Waals surface area contributed by atoms with Crippen molar-refractivity contribution in [3.05, 3.63) is 89.5 Å². The zero-order chi connectivity index (χ0) is 22.0. The summed E-state index contributed by atoms with van der Waals surface area (Å²) >= 11 is 0. The van der Waals surface area contributed by atoms with Crippen molar-refractivity contribution in [3.63, 3.8) is 0 Å². The Bertz CT molecular complexity index is 932. The van der Waals surface area contributed by atoms with E-state index in [1.54, 1.807) is 36.4 Å². The molecule has 1 aliphatic rings. The Kier molecular flexibility index (Phi) is 5.95. The lowest BCUT2D eigenvalue weighted by Crippen LogP contribution is -2.35. The molecule has 0 spiro atoms. The summed E-state index contributed by atoms with van der Waals surface area (Å²) in [7, 11) is 0. The van der Waals surface area contributed by atoms with E-state index in [4.69, 9.17) is 0 Å². The highest BCUT2D eigenvalue weighted by molar-refractivity contribution is 5.43. The molecular formula is C28H32O3. The van der Waals surface area contributed by atoms with E-state index in [0.29, 0.717) is 23.5 Å². The topological polar surface area (TPSA) is 60.7 Å². The van der Waals surface area contributed by atoms with E-state index < -0.39 is 0 Å². The van der Waals surface area contributed by atoms with Gasteiger partial charge in [-0.05, 0) is 96.5 Å². The summed E-state index contributed by atoms with van der Waals surface area (Å²) in [5.74, 6) is 2.43. The van der Waals surface area contributed by atoms with Gasteiger partial charge in [-0.3, -0.25) is 0 Å². The lowest BCUT2D eigenvalue weighted by molar-refractivity contribution is 0.208. The minimum atomic E-state index is -0.117. The van der Waals surface area contributed by atoms with Gasteiger partial charge in [0, 0.05) is 5.41 Å². The minimum absolute atomic E-state index is 0.117. The highest BCUT2D eigenvalue weighted by atomic mass is 16.3. The van der Waals surface area contributed by atoms with Crippen molar-refractivity contribution in [3.8, 4) is 17.2 Å². The smallest absolute Gasteiger partial charge is 0.115 e. The average Bonchev–Trinajstić information content (AvgIpc) is 2.77. The number of rotatable bonds is 5. The fraction of sp³-hybridized carbons (Fsp3) is 0.357. The van der Waals surface area contributed by atoms with Gasteiger partial charge in [-0.2, -0.15) is 0 Å². The molecular weight excluding hydrogens is 384 g/mol. The first-order valence-electron chi connectivity index (χ1n) is 11.3. The van der Waals surface area contributed by atoms with Crippen molar-refractivity contribution < 1.29 is 15.3 Å². The summed E-state index contributed by atoms with van der Waals surface area (Å²) in [5.41, 5.74) is 3.63. The van der Waals surface area contributed by atoms with Gasteiger partial charge < -0.3 is 15.3 Å². The Morgan fingerprint density at radius 1 is 0.645 bits per heavy atom. The van der Waals surface area contributed by atoms with E-state index >= 15 is 0 Å². The van der Waals surface area contributed by atoms with Crippen LogP contribution in [0, 0.1) is 11.8 Å². The van der Waals surface area contributed by atoms with Crippen LogP contribution in [0.15, 0.2) is 72.8 Å². The second-order valence-electron chi connectivity index (χ2n) is 9.37. The van der Waals surface area contributed by atoms with Gasteiger partial charge in [0.25, 0.3) is 0 Å². The highest BCUT2D eigenvalue weighted by Gasteiger charge is 2.41.